The number of para-hydroxylation sites is 1. The maximum Gasteiger partial charge on any atom is 0.290 e. The van der Waals surface area contributed by atoms with Gasteiger partial charge in [0.15, 0.2) is 15.6 Å². The lowest BCUT2D eigenvalue weighted by Crippen LogP contribution is -2.40. The number of carbonyl (C=O) groups excluding carboxylic acids is 1. The van der Waals surface area contributed by atoms with E-state index in [0.717, 1.165) is 15.8 Å². The van der Waals surface area contributed by atoms with Crippen molar-refractivity contribution in [3.63, 3.8) is 0 Å². The van der Waals surface area contributed by atoms with E-state index in [4.69, 9.17) is 4.42 Å². The molecule has 0 unspecified atom stereocenters. The summed E-state index contributed by atoms with van der Waals surface area (Å²) in [5, 5.41) is 2.86. The Morgan fingerprint density at radius 2 is 2.08 bits per heavy atom. The second kappa shape index (κ2) is 6.55. The molecular formula is C19H19NO4S2. The Balaban J connectivity index is 1.72. The van der Waals surface area contributed by atoms with Crippen LogP contribution in [-0.4, -0.2) is 36.8 Å². The van der Waals surface area contributed by atoms with Crippen molar-refractivity contribution in [1.82, 2.24) is 4.90 Å². The molecule has 0 bridgehead atoms. The van der Waals surface area contributed by atoms with Crippen molar-refractivity contribution in [3.8, 4) is 0 Å². The van der Waals surface area contributed by atoms with Gasteiger partial charge < -0.3 is 9.32 Å². The lowest BCUT2D eigenvalue weighted by atomic mass is 10.1. The molecule has 1 saturated heterocycles. The van der Waals surface area contributed by atoms with E-state index >= 15 is 0 Å². The lowest BCUT2D eigenvalue weighted by molar-refractivity contribution is 0.0651. The van der Waals surface area contributed by atoms with Gasteiger partial charge in [-0.25, -0.2) is 8.42 Å². The van der Waals surface area contributed by atoms with Crippen LogP contribution in [0.4, 0.5) is 0 Å². The predicted octanol–water partition coefficient (Wildman–Crippen LogP) is 3.63. The number of carbonyl (C=O) groups is 1. The van der Waals surface area contributed by atoms with Crippen LogP contribution >= 0.6 is 11.3 Å². The minimum atomic E-state index is -3.09. The number of hydrogen-bond acceptors (Lipinski definition) is 5. The molecule has 1 atom stereocenters. The average Bonchev–Trinajstić information content (AvgIpc) is 3.32. The molecule has 7 heteroatoms. The van der Waals surface area contributed by atoms with Crippen molar-refractivity contribution in [3.05, 3.63) is 58.0 Å². The summed E-state index contributed by atoms with van der Waals surface area (Å²) >= 11 is 1.56. The summed E-state index contributed by atoms with van der Waals surface area (Å²) in [4.78, 5) is 16.0. The third-order valence-corrected chi connectivity index (χ3v) is 7.47. The number of amides is 1. The van der Waals surface area contributed by atoms with Gasteiger partial charge in [0.2, 0.25) is 0 Å². The van der Waals surface area contributed by atoms with Gasteiger partial charge in [-0.1, -0.05) is 24.3 Å². The lowest BCUT2D eigenvalue weighted by Gasteiger charge is -2.27. The molecule has 5 nitrogen and oxygen atoms in total. The first-order valence-electron chi connectivity index (χ1n) is 8.46. The Hall–Kier alpha value is -2.12. The van der Waals surface area contributed by atoms with Crippen LogP contribution in [0.2, 0.25) is 0 Å². The van der Waals surface area contributed by atoms with Crippen molar-refractivity contribution < 1.29 is 17.6 Å². The molecule has 3 heterocycles. The summed E-state index contributed by atoms with van der Waals surface area (Å²) in [7, 11) is -3.09. The van der Waals surface area contributed by atoms with Crippen molar-refractivity contribution in [2.75, 3.05) is 11.5 Å². The molecule has 1 aliphatic heterocycles. The fraction of sp³-hybridized carbons (Fsp3) is 0.316. The Morgan fingerprint density at radius 3 is 2.73 bits per heavy atom. The maximum atomic E-state index is 13.3. The fourth-order valence-electron chi connectivity index (χ4n) is 3.47. The number of rotatable bonds is 4. The predicted molar refractivity (Wildman–Crippen MR) is 102 cm³/mol. The zero-order valence-corrected chi connectivity index (χ0v) is 16.0. The molecule has 1 fully saturated rings. The van der Waals surface area contributed by atoms with Crippen molar-refractivity contribution in [1.29, 1.82) is 0 Å². The molecule has 1 amide bonds. The molecule has 0 N–H and O–H groups in total. The molecule has 0 saturated carbocycles. The summed E-state index contributed by atoms with van der Waals surface area (Å²) in [5.41, 5.74) is 1.46. The second-order valence-corrected chi connectivity index (χ2v) is 9.88. The number of benzene rings is 1. The van der Waals surface area contributed by atoms with Gasteiger partial charge in [-0.15, -0.1) is 11.3 Å². The van der Waals surface area contributed by atoms with Gasteiger partial charge in [0.05, 0.1) is 18.1 Å². The van der Waals surface area contributed by atoms with E-state index in [2.05, 4.69) is 0 Å². The molecule has 2 aromatic heterocycles. The second-order valence-electron chi connectivity index (χ2n) is 6.62. The summed E-state index contributed by atoms with van der Waals surface area (Å²) in [6.07, 6.45) is 0.471. The molecule has 1 aliphatic rings. The number of hydrogen-bond donors (Lipinski definition) is 0. The van der Waals surface area contributed by atoms with E-state index in [9.17, 15) is 13.2 Å². The zero-order valence-electron chi connectivity index (χ0n) is 14.3. The molecule has 3 aromatic rings. The first kappa shape index (κ1) is 17.3. The number of nitrogens with zero attached hydrogens (tertiary/aromatic N) is 1. The number of fused-ring (bicyclic) bond motifs is 1. The van der Waals surface area contributed by atoms with E-state index < -0.39 is 9.84 Å². The molecule has 0 aliphatic carbocycles. The van der Waals surface area contributed by atoms with Crippen molar-refractivity contribution in [2.24, 2.45) is 0 Å². The third kappa shape index (κ3) is 3.17. The maximum absolute atomic E-state index is 13.3. The van der Waals surface area contributed by atoms with Gasteiger partial charge in [-0.3, -0.25) is 4.79 Å². The van der Waals surface area contributed by atoms with Crippen LogP contribution in [0.25, 0.3) is 11.0 Å². The smallest absolute Gasteiger partial charge is 0.290 e. The minimum Gasteiger partial charge on any atom is -0.451 e. The molecule has 4 rings (SSSR count). The van der Waals surface area contributed by atoms with Crippen LogP contribution in [0.15, 0.2) is 46.2 Å². The van der Waals surface area contributed by atoms with Crippen LogP contribution in [0, 0.1) is 6.92 Å². The number of aryl methyl sites for hydroxylation is 1. The third-order valence-electron chi connectivity index (χ3n) is 4.85. The monoisotopic (exact) mass is 389 g/mol. The van der Waals surface area contributed by atoms with E-state index in [-0.39, 0.29) is 23.5 Å². The van der Waals surface area contributed by atoms with Crippen molar-refractivity contribution in [2.45, 2.75) is 25.9 Å². The van der Waals surface area contributed by atoms with Crippen LogP contribution in [0.3, 0.4) is 0 Å². The number of thiophene rings is 1. The first-order chi connectivity index (χ1) is 12.4. The van der Waals surface area contributed by atoms with Gasteiger partial charge in [0, 0.05) is 21.9 Å². The van der Waals surface area contributed by atoms with Crippen LogP contribution in [-0.2, 0) is 16.4 Å². The van der Waals surface area contributed by atoms with Gasteiger partial charge in [0.1, 0.15) is 5.58 Å². The van der Waals surface area contributed by atoms with Gasteiger partial charge in [-0.05, 0) is 30.9 Å². The Morgan fingerprint density at radius 1 is 1.27 bits per heavy atom. The number of furan rings is 1. The summed E-state index contributed by atoms with van der Waals surface area (Å²) in [6.45, 7) is 2.26. The SMILES string of the molecule is Cc1c(C(=O)N(Cc2cccs2)[C@@H]2CCS(=O)(=O)C2)oc2ccccc12. The van der Waals surface area contributed by atoms with Crippen LogP contribution in [0.5, 0.6) is 0 Å². The Kier molecular flexibility index (Phi) is 4.36. The standard InChI is InChI=1S/C19H19NO4S2/c1-13-16-6-2-3-7-17(16)24-18(13)19(21)20(11-15-5-4-9-25-15)14-8-10-26(22,23)12-14/h2-7,9,14H,8,10-12H2,1H3/t14-/m1/s1. The van der Waals surface area contributed by atoms with Crippen LogP contribution < -0.4 is 0 Å². The molecule has 136 valence electrons. The van der Waals surface area contributed by atoms with E-state index in [1.54, 1.807) is 16.2 Å². The summed E-state index contributed by atoms with van der Waals surface area (Å²) in [6, 6.07) is 11.1. The summed E-state index contributed by atoms with van der Waals surface area (Å²) in [5.74, 6) is 0.204. The van der Waals surface area contributed by atoms with E-state index in [1.807, 2.05) is 48.7 Å². The average molecular weight is 389 g/mol. The summed E-state index contributed by atoms with van der Waals surface area (Å²) < 4.78 is 29.7. The largest absolute Gasteiger partial charge is 0.451 e. The normalized spacial score (nSPS) is 19.0. The minimum absolute atomic E-state index is 0.0173. The molecule has 0 spiro atoms. The fourth-order valence-corrected chi connectivity index (χ4v) is 5.90. The van der Waals surface area contributed by atoms with E-state index in [1.165, 1.54) is 0 Å². The highest BCUT2D eigenvalue weighted by Crippen LogP contribution is 2.29. The first-order valence-corrected chi connectivity index (χ1v) is 11.2. The Bertz CT molecular complexity index is 1050. The molecule has 0 radical (unpaired) electrons. The number of sulfone groups is 1. The van der Waals surface area contributed by atoms with Crippen molar-refractivity contribution >= 4 is 38.1 Å². The quantitative estimate of drug-likeness (QED) is 0.683. The topological polar surface area (TPSA) is 67.6 Å². The van der Waals surface area contributed by atoms with Gasteiger partial charge >= 0.3 is 0 Å². The van der Waals surface area contributed by atoms with Crippen LogP contribution in [0.1, 0.15) is 27.4 Å². The molecule has 26 heavy (non-hydrogen) atoms. The Labute approximate surface area is 156 Å². The highest BCUT2D eigenvalue weighted by molar-refractivity contribution is 7.91. The molecular weight excluding hydrogens is 370 g/mol. The van der Waals surface area contributed by atoms with E-state index in [0.29, 0.717) is 24.3 Å². The zero-order chi connectivity index (χ0) is 18.3. The van der Waals surface area contributed by atoms with Gasteiger partial charge in [-0.2, -0.15) is 0 Å². The molecule has 1 aromatic carbocycles. The highest BCUT2D eigenvalue weighted by atomic mass is 32.2. The van der Waals surface area contributed by atoms with Gasteiger partial charge in [0.25, 0.3) is 5.91 Å². The highest BCUT2D eigenvalue weighted by Gasteiger charge is 2.36.